The summed E-state index contributed by atoms with van der Waals surface area (Å²) in [5, 5.41) is 0. The van der Waals surface area contributed by atoms with Crippen LogP contribution >= 0.6 is 0 Å². The lowest BCUT2D eigenvalue weighted by molar-refractivity contribution is -0.142. The summed E-state index contributed by atoms with van der Waals surface area (Å²) in [5.41, 5.74) is -3.55. The molecule has 0 saturated heterocycles. The number of methoxy groups -OCH3 is 1. The summed E-state index contributed by atoms with van der Waals surface area (Å²) in [7, 11) is 0.979. The predicted octanol–water partition coefficient (Wildman–Crippen LogP) is 2.75. The molecule has 0 radical (unpaired) electrons. The first-order valence-corrected chi connectivity index (χ1v) is 4.67. The highest BCUT2D eigenvalue weighted by Crippen LogP contribution is 2.38. The van der Waals surface area contributed by atoms with Crippen LogP contribution in [0.25, 0.3) is 0 Å². The van der Waals surface area contributed by atoms with Crippen molar-refractivity contribution in [3.05, 3.63) is 29.1 Å². The fourth-order valence-corrected chi connectivity index (χ4v) is 1.37. The lowest BCUT2D eigenvalue weighted by Crippen LogP contribution is -2.17. The monoisotopic (exact) mass is 269 g/mol. The number of hydrogen-bond acceptors (Lipinski definition) is 3. The topological polar surface area (TPSA) is 39.2 Å². The molecule has 0 fully saturated rings. The van der Waals surface area contributed by atoms with Crippen molar-refractivity contribution in [2.45, 2.75) is 19.0 Å². The van der Waals surface area contributed by atoms with Gasteiger partial charge in [0.25, 0.3) is 6.43 Å². The Morgan fingerprint density at radius 2 is 2.06 bits per heavy atom. The zero-order chi connectivity index (χ0) is 13.9. The van der Waals surface area contributed by atoms with Crippen LogP contribution in [0.4, 0.5) is 22.0 Å². The normalized spacial score (nSPS) is 11.7. The van der Waals surface area contributed by atoms with E-state index in [0.29, 0.717) is 6.07 Å². The number of ether oxygens (including phenoxy) is 1. The summed E-state index contributed by atoms with van der Waals surface area (Å²) in [6.45, 7) is 0. The fraction of sp³-hybridized carbons (Fsp3) is 0.400. The molecule has 0 N–H and O–H groups in total. The lowest BCUT2D eigenvalue weighted by atomic mass is 10.0. The van der Waals surface area contributed by atoms with Crippen molar-refractivity contribution in [3.8, 4) is 0 Å². The van der Waals surface area contributed by atoms with Crippen LogP contribution in [0.2, 0.25) is 0 Å². The van der Waals surface area contributed by atoms with Crippen LogP contribution in [0, 0.1) is 0 Å². The number of carbonyl (C=O) groups is 1. The number of rotatable bonds is 3. The van der Waals surface area contributed by atoms with E-state index < -0.39 is 41.8 Å². The Hall–Kier alpha value is -1.73. The first kappa shape index (κ1) is 14.3. The molecule has 0 aromatic carbocycles. The van der Waals surface area contributed by atoms with Crippen LogP contribution < -0.4 is 0 Å². The largest absolute Gasteiger partial charge is 0.469 e. The van der Waals surface area contributed by atoms with Crippen LogP contribution in [0.3, 0.4) is 0 Å². The third-order valence-corrected chi connectivity index (χ3v) is 2.12. The standard InChI is InChI=1S/C10H8F5NO2/c1-18-7(17)4-6-8(10(13,14)15)5(9(11)12)2-3-16-6/h2-3,9H,4H2,1H3. The van der Waals surface area contributed by atoms with E-state index in [1.54, 1.807) is 0 Å². The van der Waals surface area contributed by atoms with E-state index in [2.05, 4.69) is 9.72 Å². The number of esters is 1. The average Bonchev–Trinajstić information content (AvgIpc) is 2.26. The van der Waals surface area contributed by atoms with Gasteiger partial charge in [0.05, 0.1) is 24.8 Å². The molecule has 0 bridgehead atoms. The van der Waals surface area contributed by atoms with Crippen LogP contribution in [0.1, 0.15) is 23.2 Å². The number of aromatic nitrogens is 1. The molecule has 0 aliphatic carbocycles. The van der Waals surface area contributed by atoms with Crippen LogP contribution in [0.15, 0.2) is 12.3 Å². The van der Waals surface area contributed by atoms with Crippen LogP contribution in [-0.4, -0.2) is 18.1 Å². The maximum atomic E-state index is 12.7. The second-order valence-corrected chi connectivity index (χ2v) is 3.27. The first-order valence-electron chi connectivity index (χ1n) is 4.67. The minimum Gasteiger partial charge on any atom is -0.469 e. The lowest BCUT2D eigenvalue weighted by Gasteiger charge is -2.15. The molecule has 0 atom stereocenters. The zero-order valence-corrected chi connectivity index (χ0v) is 9.09. The van der Waals surface area contributed by atoms with Gasteiger partial charge in [-0.2, -0.15) is 13.2 Å². The van der Waals surface area contributed by atoms with Crippen LogP contribution in [0.5, 0.6) is 0 Å². The molecule has 3 nitrogen and oxygen atoms in total. The van der Waals surface area contributed by atoms with Crippen LogP contribution in [-0.2, 0) is 22.1 Å². The highest BCUT2D eigenvalue weighted by atomic mass is 19.4. The van der Waals surface area contributed by atoms with Gasteiger partial charge in [-0.05, 0) is 6.07 Å². The highest BCUT2D eigenvalue weighted by molar-refractivity contribution is 5.72. The third kappa shape index (κ3) is 3.14. The Morgan fingerprint density at radius 3 is 2.50 bits per heavy atom. The fourth-order valence-electron chi connectivity index (χ4n) is 1.37. The Bertz CT molecular complexity index is 444. The Kier molecular flexibility index (Phi) is 4.20. The number of hydrogen-bond donors (Lipinski definition) is 0. The number of alkyl halides is 5. The van der Waals surface area contributed by atoms with Gasteiger partial charge in [-0.1, -0.05) is 0 Å². The molecule has 1 aromatic heterocycles. The molecule has 8 heteroatoms. The van der Waals surface area contributed by atoms with Gasteiger partial charge in [0.15, 0.2) is 0 Å². The van der Waals surface area contributed by atoms with Crippen molar-refractivity contribution in [1.29, 1.82) is 0 Å². The number of nitrogens with zero attached hydrogens (tertiary/aromatic N) is 1. The first-order chi connectivity index (χ1) is 8.27. The van der Waals surface area contributed by atoms with E-state index in [-0.39, 0.29) is 0 Å². The van der Waals surface area contributed by atoms with E-state index in [1.165, 1.54) is 0 Å². The molecule has 0 spiro atoms. The summed E-state index contributed by atoms with van der Waals surface area (Å²) < 4.78 is 67.3. The van der Waals surface area contributed by atoms with E-state index >= 15 is 0 Å². The Morgan fingerprint density at radius 1 is 1.44 bits per heavy atom. The minimum absolute atomic E-state index is 0.578. The summed E-state index contributed by atoms with van der Waals surface area (Å²) >= 11 is 0. The smallest absolute Gasteiger partial charge is 0.418 e. The summed E-state index contributed by atoms with van der Waals surface area (Å²) in [4.78, 5) is 14.2. The Labute approximate surface area is 98.6 Å². The number of carbonyl (C=O) groups excluding carboxylic acids is 1. The van der Waals surface area contributed by atoms with Gasteiger partial charge in [0.1, 0.15) is 0 Å². The molecule has 1 aromatic rings. The summed E-state index contributed by atoms with van der Waals surface area (Å²) in [6, 6.07) is 0.578. The molecule has 0 aliphatic rings. The van der Waals surface area contributed by atoms with Gasteiger partial charge in [-0.3, -0.25) is 9.78 Å². The highest BCUT2D eigenvalue weighted by Gasteiger charge is 2.39. The van der Waals surface area contributed by atoms with Crippen molar-refractivity contribution in [2.75, 3.05) is 7.11 Å². The van der Waals surface area contributed by atoms with Crippen molar-refractivity contribution >= 4 is 5.97 Å². The van der Waals surface area contributed by atoms with E-state index in [1.807, 2.05) is 0 Å². The van der Waals surface area contributed by atoms with E-state index in [4.69, 9.17) is 0 Å². The van der Waals surface area contributed by atoms with Crippen molar-refractivity contribution in [1.82, 2.24) is 4.98 Å². The van der Waals surface area contributed by atoms with E-state index in [9.17, 15) is 26.7 Å². The molecule has 0 aliphatic heterocycles. The quantitative estimate of drug-likeness (QED) is 0.625. The van der Waals surface area contributed by atoms with Gasteiger partial charge in [-0.15, -0.1) is 0 Å². The van der Waals surface area contributed by atoms with E-state index in [0.717, 1.165) is 13.3 Å². The molecule has 0 unspecified atom stereocenters. The van der Waals surface area contributed by atoms with Gasteiger partial charge in [0, 0.05) is 11.8 Å². The maximum absolute atomic E-state index is 12.7. The van der Waals surface area contributed by atoms with Gasteiger partial charge in [0.2, 0.25) is 0 Å². The average molecular weight is 269 g/mol. The second kappa shape index (κ2) is 5.28. The van der Waals surface area contributed by atoms with Crippen molar-refractivity contribution < 1.29 is 31.5 Å². The molecule has 100 valence electrons. The molecular weight excluding hydrogens is 261 g/mol. The van der Waals surface area contributed by atoms with Gasteiger partial charge < -0.3 is 4.74 Å². The molecule has 0 saturated carbocycles. The summed E-state index contributed by atoms with van der Waals surface area (Å²) in [6.07, 6.45) is -8.33. The second-order valence-electron chi connectivity index (χ2n) is 3.27. The molecule has 1 rings (SSSR count). The zero-order valence-electron chi connectivity index (χ0n) is 9.09. The third-order valence-electron chi connectivity index (χ3n) is 2.12. The molecule has 0 amide bonds. The van der Waals surface area contributed by atoms with Crippen molar-refractivity contribution in [2.24, 2.45) is 0 Å². The van der Waals surface area contributed by atoms with Gasteiger partial charge in [-0.25, -0.2) is 8.78 Å². The van der Waals surface area contributed by atoms with Gasteiger partial charge >= 0.3 is 12.1 Å². The molecule has 18 heavy (non-hydrogen) atoms. The minimum atomic E-state index is -5.01. The SMILES string of the molecule is COC(=O)Cc1nccc(C(F)F)c1C(F)(F)F. The van der Waals surface area contributed by atoms with Crippen molar-refractivity contribution in [3.63, 3.8) is 0 Å². The molecular formula is C10H8F5NO2. The Balaban J connectivity index is 3.33. The number of pyridine rings is 1. The molecule has 1 heterocycles. The summed E-state index contributed by atoms with van der Waals surface area (Å²) in [5.74, 6) is -0.987. The number of halogens is 5. The predicted molar refractivity (Wildman–Crippen MR) is 49.9 cm³/mol. The maximum Gasteiger partial charge on any atom is 0.418 e.